The first-order valence-corrected chi connectivity index (χ1v) is 8.39. The van der Waals surface area contributed by atoms with Gasteiger partial charge in [-0.05, 0) is 49.7 Å². The van der Waals surface area contributed by atoms with Gasteiger partial charge in [0.1, 0.15) is 0 Å². The molecule has 0 atom stereocenters. The highest BCUT2D eigenvalue weighted by molar-refractivity contribution is 6.02. The summed E-state index contributed by atoms with van der Waals surface area (Å²) in [6.45, 7) is 3.26. The van der Waals surface area contributed by atoms with Crippen LogP contribution in [0.25, 0.3) is 0 Å². The summed E-state index contributed by atoms with van der Waals surface area (Å²) < 4.78 is 4.94. The van der Waals surface area contributed by atoms with E-state index in [-0.39, 0.29) is 0 Å². The number of anilines is 2. The van der Waals surface area contributed by atoms with Crippen LogP contribution in [-0.2, 0) is 9.53 Å². The minimum absolute atomic E-state index is 0.327. The number of carbonyl (C=O) groups excluding carboxylic acids is 3. The van der Waals surface area contributed by atoms with E-state index in [1.165, 1.54) is 0 Å². The number of esters is 1. The van der Waals surface area contributed by atoms with Crippen LogP contribution in [0.3, 0.4) is 0 Å². The molecule has 7 heteroatoms. The maximum atomic E-state index is 12.0. The molecule has 0 aromatic heterocycles. The predicted octanol–water partition coefficient (Wildman–Crippen LogP) is 2.87. The molecule has 0 aliphatic heterocycles. The molecule has 0 aliphatic carbocycles. The van der Waals surface area contributed by atoms with Crippen molar-refractivity contribution < 1.29 is 19.1 Å². The molecular weight excluding hydrogens is 346 g/mol. The van der Waals surface area contributed by atoms with Crippen LogP contribution >= 0.6 is 0 Å². The van der Waals surface area contributed by atoms with Crippen LogP contribution < -0.4 is 15.5 Å². The first-order valence-electron chi connectivity index (χ1n) is 8.39. The maximum absolute atomic E-state index is 12.0. The number of nitrogens with zero attached hydrogens (tertiary/aromatic N) is 1. The number of ether oxygens (including phenoxy) is 1. The molecule has 0 heterocycles. The van der Waals surface area contributed by atoms with Gasteiger partial charge in [0.15, 0.2) is 6.61 Å². The fraction of sp³-hybridized carbons (Fsp3) is 0.250. The molecule has 2 aromatic rings. The van der Waals surface area contributed by atoms with Crippen LogP contribution in [0.5, 0.6) is 0 Å². The minimum Gasteiger partial charge on any atom is -0.452 e. The van der Waals surface area contributed by atoms with Gasteiger partial charge in [-0.1, -0.05) is 17.7 Å². The monoisotopic (exact) mass is 369 g/mol. The SMILES string of the molecule is Cc1ccc(NC(=O)NC(=O)COC(=O)c2ccc(N(C)C)cc2)c(C)c1. The summed E-state index contributed by atoms with van der Waals surface area (Å²) in [5.41, 5.74) is 3.81. The van der Waals surface area contributed by atoms with Crippen molar-refractivity contribution >= 4 is 29.3 Å². The molecule has 7 nitrogen and oxygen atoms in total. The van der Waals surface area contributed by atoms with E-state index in [1.807, 2.05) is 45.0 Å². The summed E-state index contributed by atoms with van der Waals surface area (Å²) in [5.74, 6) is -1.35. The van der Waals surface area contributed by atoms with Gasteiger partial charge in [-0.2, -0.15) is 0 Å². The average Bonchev–Trinajstić information content (AvgIpc) is 2.62. The van der Waals surface area contributed by atoms with Crippen LogP contribution in [0.1, 0.15) is 21.5 Å². The third-order valence-corrected chi connectivity index (χ3v) is 3.84. The average molecular weight is 369 g/mol. The van der Waals surface area contributed by atoms with Gasteiger partial charge < -0.3 is 15.0 Å². The normalized spacial score (nSPS) is 10.1. The second-order valence-electron chi connectivity index (χ2n) is 6.34. The standard InChI is InChI=1S/C20H23N3O4/c1-13-5-10-17(14(2)11-13)21-20(26)22-18(24)12-27-19(25)15-6-8-16(9-7-15)23(3)4/h5-11H,12H2,1-4H3,(H2,21,22,24,26). The third kappa shape index (κ3) is 5.85. The Labute approximate surface area is 158 Å². The number of urea groups is 1. The fourth-order valence-corrected chi connectivity index (χ4v) is 2.38. The molecule has 27 heavy (non-hydrogen) atoms. The van der Waals surface area contributed by atoms with Gasteiger partial charge >= 0.3 is 12.0 Å². The first-order chi connectivity index (χ1) is 12.8. The van der Waals surface area contributed by atoms with Crippen LogP contribution in [0, 0.1) is 13.8 Å². The van der Waals surface area contributed by atoms with Crippen molar-refractivity contribution in [2.45, 2.75) is 13.8 Å². The van der Waals surface area contributed by atoms with Crippen molar-refractivity contribution in [3.05, 3.63) is 59.2 Å². The molecule has 2 aromatic carbocycles. The van der Waals surface area contributed by atoms with Crippen LogP contribution in [0.15, 0.2) is 42.5 Å². The molecule has 0 bridgehead atoms. The van der Waals surface area contributed by atoms with Gasteiger partial charge in [0.05, 0.1) is 5.56 Å². The maximum Gasteiger partial charge on any atom is 0.338 e. The summed E-state index contributed by atoms with van der Waals surface area (Å²) in [7, 11) is 3.78. The van der Waals surface area contributed by atoms with Gasteiger partial charge in [0.2, 0.25) is 0 Å². The van der Waals surface area contributed by atoms with E-state index in [9.17, 15) is 14.4 Å². The number of carbonyl (C=O) groups is 3. The van der Waals surface area contributed by atoms with Gasteiger partial charge in [-0.3, -0.25) is 10.1 Å². The highest BCUT2D eigenvalue weighted by Gasteiger charge is 2.13. The summed E-state index contributed by atoms with van der Waals surface area (Å²) in [5, 5.41) is 4.72. The molecule has 0 saturated heterocycles. The number of aryl methyl sites for hydroxylation is 2. The summed E-state index contributed by atoms with van der Waals surface area (Å²) in [6.07, 6.45) is 0. The number of benzene rings is 2. The van der Waals surface area contributed by atoms with Gasteiger partial charge in [0, 0.05) is 25.5 Å². The Balaban J connectivity index is 1.82. The summed E-state index contributed by atoms with van der Waals surface area (Å²) >= 11 is 0. The van der Waals surface area contributed by atoms with Crippen molar-refractivity contribution in [2.24, 2.45) is 0 Å². The third-order valence-electron chi connectivity index (χ3n) is 3.84. The lowest BCUT2D eigenvalue weighted by molar-refractivity contribution is -0.123. The fourth-order valence-electron chi connectivity index (χ4n) is 2.38. The Bertz CT molecular complexity index is 845. The number of imide groups is 1. The molecule has 2 N–H and O–H groups in total. The second kappa shape index (κ2) is 8.84. The van der Waals surface area contributed by atoms with Crippen molar-refractivity contribution in [3.63, 3.8) is 0 Å². The Morgan fingerprint density at radius 2 is 1.67 bits per heavy atom. The summed E-state index contributed by atoms with van der Waals surface area (Å²) in [4.78, 5) is 37.6. The molecule has 0 radical (unpaired) electrons. The molecule has 142 valence electrons. The molecule has 2 rings (SSSR count). The lowest BCUT2D eigenvalue weighted by Gasteiger charge is -2.12. The Morgan fingerprint density at radius 3 is 2.26 bits per heavy atom. The van der Waals surface area contributed by atoms with Gasteiger partial charge in [0.25, 0.3) is 5.91 Å². The number of amides is 3. The van der Waals surface area contributed by atoms with E-state index in [2.05, 4.69) is 10.6 Å². The number of nitrogens with one attached hydrogen (secondary N) is 2. The van der Waals surface area contributed by atoms with E-state index in [0.29, 0.717) is 11.3 Å². The van der Waals surface area contributed by atoms with Crippen LogP contribution in [-0.4, -0.2) is 38.6 Å². The van der Waals surface area contributed by atoms with Crippen molar-refractivity contribution in [1.29, 1.82) is 0 Å². The van der Waals surface area contributed by atoms with E-state index in [1.54, 1.807) is 30.3 Å². The molecule has 3 amide bonds. The van der Waals surface area contributed by atoms with E-state index >= 15 is 0 Å². The smallest absolute Gasteiger partial charge is 0.338 e. The molecular formula is C20H23N3O4. The zero-order valence-corrected chi connectivity index (χ0v) is 15.8. The van der Waals surface area contributed by atoms with E-state index < -0.39 is 24.5 Å². The van der Waals surface area contributed by atoms with Gasteiger partial charge in [-0.25, -0.2) is 9.59 Å². The first kappa shape index (κ1) is 20.0. The highest BCUT2D eigenvalue weighted by Crippen LogP contribution is 2.15. The quantitative estimate of drug-likeness (QED) is 0.792. The zero-order valence-electron chi connectivity index (χ0n) is 15.8. The number of rotatable bonds is 5. The molecule has 0 unspecified atom stereocenters. The summed E-state index contributed by atoms with van der Waals surface area (Å²) in [6, 6.07) is 11.6. The second-order valence-corrected chi connectivity index (χ2v) is 6.34. The zero-order chi connectivity index (χ0) is 20.0. The van der Waals surface area contributed by atoms with E-state index in [0.717, 1.165) is 16.8 Å². The molecule has 0 saturated carbocycles. The number of hydrogen-bond acceptors (Lipinski definition) is 5. The topological polar surface area (TPSA) is 87.7 Å². The largest absolute Gasteiger partial charge is 0.452 e. The minimum atomic E-state index is -0.712. The van der Waals surface area contributed by atoms with Crippen LogP contribution in [0.4, 0.5) is 16.2 Å². The van der Waals surface area contributed by atoms with Crippen molar-refractivity contribution in [3.8, 4) is 0 Å². The Morgan fingerprint density at radius 1 is 1.00 bits per heavy atom. The predicted molar refractivity (Wildman–Crippen MR) is 104 cm³/mol. The molecule has 0 spiro atoms. The Kier molecular flexibility index (Phi) is 6.54. The Hall–Kier alpha value is -3.35. The van der Waals surface area contributed by atoms with Crippen LogP contribution in [0.2, 0.25) is 0 Å². The van der Waals surface area contributed by atoms with E-state index in [4.69, 9.17) is 4.74 Å². The molecule has 0 fully saturated rings. The van der Waals surface area contributed by atoms with Crippen molar-refractivity contribution in [1.82, 2.24) is 5.32 Å². The lowest BCUT2D eigenvalue weighted by Crippen LogP contribution is -2.37. The molecule has 0 aliphatic rings. The highest BCUT2D eigenvalue weighted by atomic mass is 16.5. The number of hydrogen-bond donors (Lipinski definition) is 2. The van der Waals surface area contributed by atoms with Gasteiger partial charge in [-0.15, -0.1) is 0 Å². The van der Waals surface area contributed by atoms with Crippen molar-refractivity contribution in [2.75, 3.05) is 30.9 Å². The lowest BCUT2D eigenvalue weighted by atomic mass is 10.1.